The van der Waals surface area contributed by atoms with Crippen molar-refractivity contribution >= 4 is 11.6 Å². The summed E-state index contributed by atoms with van der Waals surface area (Å²) in [6.07, 6.45) is -0.118. The fraction of sp³-hybridized carbons (Fsp3) is 0.278. The number of benzene rings is 2. The van der Waals surface area contributed by atoms with Gasteiger partial charge in [-0.2, -0.15) is 0 Å². The zero-order chi connectivity index (χ0) is 18.1. The van der Waals surface area contributed by atoms with E-state index in [1.165, 1.54) is 24.3 Å². The number of hydrogen-bond donors (Lipinski definition) is 2. The summed E-state index contributed by atoms with van der Waals surface area (Å²) in [5.74, 6) is 0.340. The lowest BCUT2D eigenvalue weighted by Crippen LogP contribution is -2.33. The minimum absolute atomic E-state index is 0.00601. The topological polar surface area (TPSA) is 102 Å². The van der Waals surface area contributed by atoms with Gasteiger partial charge in [-0.15, -0.1) is 0 Å². The van der Waals surface area contributed by atoms with Crippen molar-refractivity contribution in [2.45, 2.75) is 18.9 Å². The maximum Gasteiger partial charge on any atom is 0.269 e. The Morgan fingerprint density at radius 2 is 1.84 bits per heavy atom. The Morgan fingerprint density at radius 1 is 1.16 bits per heavy atom. The number of carbonyl (C=O) groups excluding carboxylic acids is 1. The van der Waals surface area contributed by atoms with Crippen LogP contribution in [0.1, 0.15) is 12.0 Å². The van der Waals surface area contributed by atoms with E-state index in [0.29, 0.717) is 12.2 Å². The van der Waals surface area contributed by atoms with Gasteiger partial charge in [-0.3, -0.25) is 14.9 Å². The van der Waals surface area contributed by atoms with Crippen molar-refractivity contribution in [1.29, 1.82) is 0 Å². The molecule has 2 aromatic rings. The zero-order valence-electron chi connectivity index (χ0n) is 13.6. The van der Waals surface area contributed by atoms with E-state index < -0.39 is 11.0 Å². The number of nitro benzene ring substituents is 1. The Morgan fingerprint density at radius 3 is 2.48 bits per heavy atom. The van der Waals surface area contributed by atoms with E-state index >= 15 is 0 Å². The highest BCUT2D eigenvalue weighted by atomic mass is 16.6. The highest BCUT2D eigenvalue weighted by Crippen LogP contribution is 2.17. The Bertz CT molecular complexity index is 688. The largest absolute Gasteiger partial charge is 0.493 e. The van der Waals surface area contributed by atoms with Crippen LogP contribution in [0.4, 0.5) is 5.69 Å². The van der Waals surface area contributed by atoms with Crippen LogP contribution in [0.5, 0.6) is 5.75 Å². The first-order chi connectivity index (χ1) is 12.0. The third-order valence-electron chi connectivity index (χ3n) is 3.51. The minimum Gasteiger partial charge on any atom is -0.493 e. The second kappa shape index (κ2) is 9.39. The summed E-state index contributed by atoms with van der Waals surface area (Å²) >= 11 is 0. The van der Waals surface area contributed by atoms with E-state index in [1.54, 1.807) is 0 Å². The molecule has 0 spiro atoms. The summed E-state index contributed by atoms with van der Waals surface area (Å²) in [5, 5.41) is 23.1. The number of aliphatic hydroxyl groups excluding tert-OH is 1. The lowest BCUT2D eigenvalue weighted by molar-refractivity contribution is -0.384. The van der Waals surface area contributed by atoms with Crippen LogP contribution in [0, 0.1) is 10.1 Å². The van der Waals surface area contributed by atoms with Crippen LogP contribution in [-0.4, -0.2) is 35.2 Å². The molecule has 2 rings (SSSR count). The molecule has 2 N–H and O–H groups in total. The van der Waals surface area contributed by atoms with Crippen LogP contribution in [-0.2, 0) is 11.2 Å². The molecule has 0 aromatic heterocycles. The summed E-state index contributed by atoms with van der Waals surface area (Å²) in [4.78, 5) is 21.9. The number of carbonyl (C=O) groups is 1. The van der Waals surface area contributed by atoms with E-state index in [9.17, 15) is 20.0 Å². The van der Waals surface area contributed by atoms with Gasteiger partial charge in [-0.1, -0.05) is 30.3 Å². The molecule has 0 aliphatic rings. The van der Waals surface area contributed by atoms with Gasteiger partial charge in [0.25, 0.3) is 5.69 Å². The maximum absolute atomic E-state index is 11.8. The first kappa shape index (κ1) is 18.4. The summed E-state index contributed by atoms with van der Waals surface area (Å²) < 4.78 is 5.42. The normalized spacial score (nSPS) is 11.6. The molecule has 0 bridgehead atoms. The van der Waals surface area contributed by atoms with Gasteiger partial charge >= 0.3 is 0 Å². The number of ether oxygens (including phenoxy) is 1. The maximum atomic E-state index is 11.8. The van der Waals surface area contributed by atoms with Gasteiger partial charge in [0.15, 0.2) is 0 Å². The molecule has 7 nitrogen and oxygen atoms in total. The number of amides is 1. The third kappa shape index (κ3) is 6.60. The van der Waals surface area contributed by atoms with Crippen LogP contribution >= 0.6 is 0 Å². The summed E-state index contributed by atoms with van der Waals surface area (Å²) in [7, 11) is 0. The molecule has 0 saturated heterocycles. The first-order valence-electron chi connectivity index (χ1n) is 7.90. The molecular formula is C18H20N2O5. The molecule has 7 heteroatoms. The predicted molar refractivity (Wildman–Crippen MR) is 92.4 cm³/mol. The van der Waals surface area contributed by atoms with E-state index in [4.69, 9.17) is 4.74 Å². The molecule has 1 unspecified atom stereocenters. The molecule has 25 heavy (non-hydrogen) atoms. The minimum atomic E-state index is -0.724. The second-order valence-electron chi connectivity index (χ2n) is 5.51. The van der Waals surface area contributed by atoms with Gasteiger partial charge in [0.05, 0.1) is 24.1 Å². The van der Waals surface area contributed by atoms with Crippen LogP contribution in [0.3, 0.4) is 0 Å². The van der Waals surface area contributed by atoms with Crippen LogP contribution in [0.2, 0.25) is 0 Å². The molecule has 2 aromatic carbocycles. The highest BCUT2D eigenvalue weighted by molar-refractivity contribution is 5.78. The van der Waals surface area contributed by atoms with Gasteiger partial charge in [-0.05, 0) is 17.7 Å². The molecule has 1 atom stereocenters. The Kier molecular flexibility index (Phi) is 6.91. The van der Waals surface area contributed by atoms with Crippen molar-refractivity contribution < 1.29 is 19.6 Å². The van der Waals surface area contributed by atoms with Crippen molar-refractivity contribution in [3.63, 3.8) is 0 Å². The number of hydrogen-bond acceptors (Lipinski definition) is 5. The van der Waals surface area contributed by atoms with Gasteiger partial charge in [0.2, 0.25) is 5.91 Å². The van der Waals surface area contributed by atoms with Crippen molar-refractivity contribution in [3.05, 3.63) is 70.3 Å². The number of nitro groups is 1. The molecule has 0 radical (unpaired) electrons. The van der Waals surface area contributed by atoms with Crippen molar-refractivity contribution in [2.75, 3.05) is 13.2 Å². The van der Waals surface area contributed by atoms with Gasteiger partial charge in [-0.25, -0.2) is 0 Å². The quantitative estimate of drug-likeness (QED) is 0.536. The van der Waals surface area contributed by atoms with Gasteiger partial charge < -0.3 is 15.2 Å². The van der Waals surface area contributed by atoms with Crippen molar-refractivity contribution in [2.24, 2.45) is 0 Å². The fourth-order valence-corrected chi connectivity index (χ4v) is 2.15. The third-order valence-corrected chi connectivity index (χ3v) is 3.51. The smallest absolute Gasteiger partial charge is 0.269 e. The van der Waals surface area contributed by atoms with Gasteiger partial charge in [0.1, 0.15) is 5.75 Å². The second-order valence-corrected chi connectivity index (χ2v) is 5.51. The molecule has 0 saturated carbocycles. The molecular weight excluding hydrogens is 324 g/mol. The standard InChI is InChI=1S/C18H20N2O5/c21-16(13-19-18(22)12-14-4-2-1-3-5-14)10-11-25-17-8-6-15(7-9-17)20(23)24/h1-9,16,21H,10-13H2,(H,19,22). The summed E-state index contributed by atoms with van der Waals surface area (Å²) in [6, 6.07) is 15.1. The molecule has 0 aliphatic carbocycles. The average molecular weight is 344 g/mol. The zero-order valence-corrected chi connectivity index (χ0v) is 13.6. The summed E-state index contributed by atoms with van der Waals surface area (Å²) in [6.45, 7) is 0.392. The van der Waals surface area contributed by atoms with Crippen LogP contribution in [0.15, 0.2) is 54.6 Å². The van der Waals surface area contributed by atoms with Crippen molar-refractivity contribution in [1.82, 2.24) is 5.32 Å². The van der Waals surface area contributed by atoms with Crippen LogP contribution < -0.4 is 10.1 Å². The van der Waals surface area contributed by atoms with Crippen LogP contribution in [0.25, 0.3) is 0 Å². The Labute approximate surface area is 145 Å². The number of nitrogens with zero attached hydrogens (tertiary/aromatic N) is 1. The monoisotopic (exact) mass is 344 g/mol. The van der Waals surface area contributed by atoms with E-state index in [0.717, 1.165) is 5.56 Å². The number of aliphatic hydroxyl groups is 1. The first-order valence-corrected chi connectivity index (χ1v) is 7.90. The number of non-ortho nitro benzene ring substituents is 1. The van der Waals surface area contributed by atoms with E-state index in [-0.39, 0.29) is 31.2 Å². The van der Waals surface area contributed by atoms with E-state index in [1.807, 2.05) is 30.3 Å². The lowest BCUT2D eigenvalue weighted by Gasteiger charge is -2.13. The molecule has 0 heterocycles. The molecule has 132 valence electrons. The number of nitrogens with one attached hydrogen (secondary N) is 1. The Hall–Kier alpha value is -2.93. The van der Waals surface area contributed by atoms with E-state index in [2.05, 4.69) is 5.32 Å². The lowest BCUT2D eigenvalue weighted by atomic mass is 10.1. The van der Waals surface area contributed by atoms with Crippen molar-refractivity contribution in [3.8, 4) is 5.75 Å². The molecule has 1 amide bonds. The predicted octanol–water partition coefficient (Wildman–Crippen LogP) is 2.08. The summed E-state index contributed by atoms with van der Waals surface area (Å²) in [5.41, 5.74) is 0.907. The van der Waals surface area contributed by atoms with Gasteiger partial charge in [0, 0.05) is 25.1 Å². The average Bonchev–Trinajstić information content (AvgIpc) is 2.61. The molecule has 0 fully saturated rings. The molecule has 0 aliphatic heterocycles. The Balaban J connectivity index is 1.64. The fourth-order valence-electron chi connectivity index (χ4n) is 2.15. The highest BCUT2D eigenvalue weighted by Gasteiger charge is 2.09. The SMILES string of the molecule is O=C(Cc1ccccc1)NCC(O)CCOc1ccc([N+](=O)[O-])cc1. The number of rotatable bonds is 9.